The van der Waals surface area contributed by atoms with Gasteiger partial charge in [-0.2, -0.15) is 0 Å². The Balaban J connectivity index is 1.71. The fraction of sp³-hybridized carbons (Fsp3) is 0.812. The largest absolute Gasteiger partial charge is 0.345 e. The van der Waals surface area contributed by atoms with Crippen LogP contribution in [0.5, 0.6) is 0 Å². The topological polar surface area (TPSA) is 28.2 Å². The highest BCUT2D eigenvalue weighted by atomic mass is 32.1. The van der Waals surface area contributed by atoms with Gasteiger partial charge in [0.15, 0.2) is 5.13 Å². The second-order valence-electron chi connectivity index (χ2n) is 6.28. The van der Waals surface area contributed by atoms with Crippen LogP contribution in [0.15, 0.2) is 0 Å². The Morgan fingerprint density at radius 2 is 2.15 bits per heavy atom. The second-order valence-corrected chi connectivity index (χ2v) is 7.34. The zero-order valence-corrected chi connectivity index (χ0v) is 13.6. The smallest absolute Gasteiger partial charge is 0.186 e. The molecule has 1 aliphatic carbocycles. The van der Waals surface area contributed by atoms with Crippen LogP contribution < -0.4 is 10.2 Å². The molecule has 0 radical (unpaired) electrons. The van der Waals surface area contributed by atoms with Crippen LogP contribution in [0.2, 0.25) is 0 Å². The fourth-order valence-corrected chi connectivity index (χ4v) is 4.88. The summed E-state index contributed by atoms with van der Waals surface area (Å²) >= 11 is 1.92. The lowest BCUT2D eigenvalue weighted by Gasteiger charge is -2.37. The van der Waals surface area contributed by atoms with Gasteiger partial charge in [-0.05, 0) is 51.5 Å². The van der Waals surface area contributed by atoms with E-state index < -0.39 is 0 Å². The third-order valence-corrected chi connectivity index (χ3v) is 6.03. The van der Waals surface area contributed by atoms with Crippen LogP contribution in [0.4, 0.5) is 5.13 Å². The van der Waals surface area contributed by atoms with Crippen molar-refractivity contribution < 1.29 is 0 Å². The lowest BCUT2D eigenvalue weighted by Crippen LogP contribution is -2.42. The molecule has 20 heavy (non-hydrogen) atoms. The molecule has 2 aliphatic rings. The molecule has 0 spiro atoms. The molecule has 4 heteroatoms. The monoisotopic (exact) mass is 293 g/mol. The first kappa shape index (κ1) is 14.3. The van der Waals surface area contributed by atoms with E-state index in [0.29, 0.717) is 0 Å². The van der Waals surface area contributed by atoms with Gasteiger partial charge in [0.2, 0.25) is 0 Å². The molecule has 1 saturated heterocycles. The summed E-state index contributed by atoms with van der Waals surface area (Å²) in [6, 6.07) is 0.783. The Labute approximate surface area is 126 Å². The van der Waals surface area contributed by atoms with Crippen molar-refractivity contribution in [3.63, 3.8) is 0 Å². The summed E-state index contributed by atoms with van der Waals surface area (Å²) in [6.45, 7) is 7.68. The van der Waals surface area contributed by atoms with E-state index in [0.717, 1.165) is 25.0 Å². The van der Waals surface area contributed by atoms with E-state index in [1.54, 1.807) is 0 Å². The average Bonchev–Trinajstić information content (AvgIpc) is 3.06. The summed E-state index contributed by atoms with van der Waals surface area (Å²) in [5.74, 6) is 0.939. The van der Waals surface area contributed by atoms with Crippen LogP contribution >= 0.6 is 11.3 Å². The van der Waals surface area contributed by atoms with Crippen LogP contribution in [-0.2, 0) is 6.54 Å². The zero-order valence-electron chi connectivity index (χ0n) is 12.8. The molecule has 1 saturated carbocycles. The maximum Gasteiger partial charge on any atom is 0.186 e. The van der Waals surface area contributed by atoms with Gasteiger partial charge in [-0.25, -0.2) is 4.98 Å². The molecule has 2 atom stereocenters. The number of hydrogen-bond acceptors (Lipinski definition) is 4. The number of aryl methyl sites for hydroxylation is 1. The van der Waals surface area contributed by atoms with Gasteiger partial charge in [-0.3, -0.25) is 0 Å². The molecule has 2 unspecified atom stereocenters. The maximum atomic E-state index is 4.88. The number of hydrogen-bond donors (Lipinski definition) is 1. The minimum Gasteiger partial charge on any atom is -0.345 e. The van der Waals surface area contributed by atoms with Crippen LogP contribution in [0.3, 0.4) is 0 Å². The molecule has 112 valence electrons. The van der Waals surface area contributed by atoms with Crippen molar-refractivity contribution in [3.8, 4) is 0 Å². The van der Waals surface area contributed by atoms with E-state index in [-0.39, 0.29) is 0 Å². The standard InChI is InChI=1S/C16H27N3S/c1-3-9-17-11-15-12(2)18-16(20-15)19-10-5-7-13-6-4-8-14(13)19/h13-14,17H,3-11H2,1-2H3. The highest BCUT2D eigenvalue weighted by molar-refractivity contribution is 7.15. The minimum absolute atomic E-state index is 0.783. The summed E-state index contributed by atoms with van der Waals surface area (Å²) in [5.41, 5.74) is 1.23. The highest BCUT2D eigenvalue weighted by Crippen LogP contribution is 2.40. The van der Waals surface area contributed by atoms with Crippen molar-refractivity contribution in [2.45, 2.75) is 65.0 Å². The van der Waals surface area contributed by atoms with Gasteiger partial charge in [0, 0.05) is 24.0 Å². The molecule has 3 rings (SSSR count). The van der Waals surface area contributed by atoms with E-state index in [9.17, 15) is 0 Å². The Hall–Kier alpha value is -0.610. The van der Waals surface area contributed by atoms with Crippen molar-refractivity contribution >= 4 is 16.5 Å². The lowest BCUT2D eigenvalue weighted by molar-refractivity contribution is 0.362. The molecule has 1 aromatic rings. The van der Waals surface area contributed by atoms with Gasteiger partial charge in [-0.1, -0.05) is 13.3 Å². The number of rotatable bonds is 5. The minimum atomic E-state index is 0.783. The van der Waals surface area contributed by atoms with E-state index in [1.807, 2.05) is 11.3 Å². The van der Waals surface area contributed by atoms with Crippen molar-refractivity contribution in [2.24, 2.45) is 5.92 Å². The van der Waals surface area contributed by atoms with Gasteiger partial charge in [0.1, 0.15) is 0 Å². The number of anilines is 1. The molecule has 0 bridgehead atoms. The Morgan fingerprint density at radius 3 is 3.00 bits per heavy atom. The van der Waals surface area contributed by atoms with Gasteiger partial charge >= 0.3 is 0 Å². The van der Waals surface area contributed by atoms with Crippen LogP contribution in [0, 0.1) is 12.8 Å². The summed E-state index contributed by atoms with van der Waals surface area (Å²) < 4.78 is 0. The molecule has 2 fully saturated rings. The molecular formula is C16H27N3S. The van der Waals surface area contributed by atoms with Gasteiger partial charge in [0.05, 0.1) is 5.69 Å². The number of aromatic nitrogens is 1. The molecule has 2 heterocycles. The van der Waals surface area contributed by atoms with Crippen molar-refractivity contribution in [2.75, 3.05) is 18.0 Å². The summed E-state index contributed by atoms with van der Waals surface area (Å²) in [4.78, 5) is 8.93. The number of fused-ring (bicyclic) bond motifs is 1. The van der Waals surface area contributed by atoms with Gasteiger partial charge < -0.3 is 10.2 Å². The Kier molecular flexibility index (Phi) is 4.61. The molecule has 1 aromatic heterocycles. The zero-order chi connectivity index (χ0) is 13.9. The predicted octanol–water partition coefficient (Wildman–Crippen LogP) is 3.72. The molecular weight excluding hydrogens is 266 g/mol. The summed E-state index contributed by atoms with van der Waals surface area (Å²) in [5, 5.41) is 4.79. The maximum absolute atomic E-state index is 4.88. The third-order valence-electron chi connectivity index (χ3n) is 4.83. The van der Waals surface area contributed by atoms with E-state index in [2.05, 4.69) is 24.1 Å². The molecule has 3 nitrogen and oxygen atoms in total. The number of nitrogens with zero attached hydrogens (tertiary/aromatic N) is 2. The average molecular weight is 293 g/mol. The van der Waals surface area contributed by atoms with Gasteiger partial charge in [-0.15, -0.1) is 11.3 Å². The quantitative estimate of drug-likeness (QED) is 0.839. The predicted molar refractivity (Wildman–Crippen MR) is 86.6 cm³/mol. The van der Waals surface area contributed by atoms with E-state index in [4.69, 9.17) is 4.98 Å². The van der Waals surface area contributed by atoms with Crippen LogP contribution in [0.25, 0.3) is 0 Å². The van der Waals surface area contributed by atoms with Crippen LogP contribution in [-0.4, -0.2) is 24.1 Å². The van der Waals surface area contributed by atoms with Crippen molar-refractivity contribution in [3.05, 3.63) is 10.6 Å². The Morgan fingerprint density at radius 1 is 1.30 bits per heavy atom. The third kappa shape index (κ3) is 2.86. The lowest BCUT2D eigenvalue weighted by atomic mass is 9.92. The number of nitrogens with one attached hydrogen (secondary N) is 1. The fourth-order valence-electron chi connectivity index (χ4n) is 3.77. The van der Waals surface area contributed by atoms with E-state index in [1.165, 1.54) is 60.8 Å². The Bertz CT molecular complexity index is 443. The summed E-state index contributed by atoms with van der Waals surface area (Å²) in [7, 11) is 0. The highest BCUT2D eigenvalue weighted by Gasteiger charge is 2.36. The molecule has 1 N–H and O–H groups in total. The molecule has 0 amide bonds. The number of thiazole rings is 1. The normalized spacial score (nSPS) is 26.0. The SMILES string of the molecule is CCCNCc1sc(N2CCCC3CCCC32)nc1C. The van der Waals surface area contributed by atoms with Crippen LogP contribution in [0.1, 0.15) is 56.0 Å². The molecule has 1 aliphatic heterocycles. The van der Waals surface area contributed by atoms with Gasteiger partial charge in [0.25, 0.3) is 0 Å². The first-order chi connectivity index (χ1) is 9.79. The van der Waals surface area contributed by atoms with Crippen molar-refractivity contribution in [1.29, 1.82) is 0 Å². The second kappa shape index (κ2) is 6.44. The first-order valence-electron chi connectivity index (χ1n) is 8.23. The number of piperidine rings is 1. The first-order valence-corrected chi connectivity index (χ1v) is 9.05. The van der Waals surface area contributed by atoms with Crippen molar-refractivity contribution in [1.82, 2.24) is 10.3 Å². The summed E-state index contributed by atoms with van der Waals surface area (Å²) in [6.07, 6.45) is 8.23. The molecule has 0 aromatic carbocycles. The van der Waals surface area contributed by atoms with E-state index >= 15 is 0 Å².